The Kier molecular flexibility index (Phi) is 9.23. The van der Waals surface area contributed by atoms with Crippen molar-refractivity contribution >= 4 is 40.4 Å². The van der Waals surface area contributed by atoms with E-state index in [-0.39, 0.29) is 25.3 Å². The Balaban J connectivity index is 1.26. The van der Waals surface area contributed by atoms with Gasteiger partial charge in [0, 0.05) is 19.5 Å². The number of benzene rings is 2. The van der Waals surface area contributed by atoms with Crippen molar-refractivity contribution in [1.82, 2.24) is 5.32 Å². The third-order valence-corrected chi connectivity index (χ3v) is 8.15. The molecule has 2 heterocycles. The second-order valence-corrected chi connectivity index (χ2v) is 11.1. The Bertz CT molecular complexity index is 1130. The number of rotatable bonds is 9. The van der Waals surface area contributed by atoms with Gasteiger partial charge in [0.1, 0.15) is 17.7 Å². The van der Waals surface area contributed by atoms with Crippen LogP contribution in [0.1, 0.15) is 5.56 Å². The maximum atomic E-state index is 14.7. The normalized spacial score (nSPS) is 19.2. The molecule has 2 saturated heterocycles. The Labute approximate surface area is 215 Å². The number of nitrogens with one attached hydrogen (secondary N) is 1. The van der Waals surface area contributed by atoms with Gasteiger partial charge in [0.15, 0.2) is 0 Å². The lowest BCUT2D eigenvalue weighted by molar-refractivity contribution is 0.122. The van der Waals surface area contributed by atoms with Crippen LogP contribution in [0.15, 0.2) is 42.5 Å². The summed E-state index contributed by atoms with van der Waals surface area (Å²) in [5.41, 5.74) is 1.52. The monoisotopic (exact) mass is 554 g/mol. The van der Waals surface area contributed by atoms with Crippen LogP contribution >= 0.6 is 16.8 Å². The van der Waals surface area contributed by atoms with Crippen molar-refractivity contribution in [3.63, 3.8) is 0 Å². The molecule has 2 aliphatic rings. The predicted molar refractivity (Wildman–Crippen MR) is 135 cm³/mol. The van der Waals surface area contributed by atoms with Crippen LogP contribution < -0.4 is 19.9 Å². The molecule has 2 aromatic rings. The first kappa shape index (κ1) is 27.2. The van der Waals surface area contributed by atoms with Crippen LogP contribution in [-0.4, -0.2) is 72.9 Å². The summed E-state index contributed by atoms with van der Waals surface area (Å²) in [6, 6.07) is 10.9. The highest BCUT2D eigenvalue weighted by atomic mass is 31.2. The lowest BCUT2D eigenvalue weighted by Gasteiger charge is -2.29. The van der Waals surface area contributed by atoms with Gasteiger partial charge in [-0.2, -0.15) is 4.89 Å². The number of morpholine rings is 1. The molecule has 0 radical (unpaired) electrons. The summed E-state index contributed by atoms with van der Waals surface area (Å²) < 4.78 is 41.8. The molecule has 0 bridgehead atoms. The second-order valence-electron chi connectivity index (χ2n) is 8.42. The third kappa shape index (κ3) is 7.12. The van der Waals surface area contributed by atoms with Crippen LogP contribution in [0.25, 0.3) is 0 Å². The molecule has 198 valence electrons. The van der Waals surface area contributed by atoms with Gasteiger partial charge >= 0.3 is 20.2 Å². The molecule has 14 heteroatoms. The highest BCUT2D eigenvalue weighted by molar-refractivity contribution is 7.54. The standard InChI is InChI=1S/C23H26FN3O8P2/c24-19-12-16(3-6-20(19)26-7-9-33-10-8-26)27-14-18(35-23(27)29)13-25-22(28)34-17-4-1-15(2-5-17)11-21(36-30)37(31)32/h1-6,12,18,21,30,36H,7-11,13-14H2,(H-,25,28,31,32)/p+1/t18-,21?/m0/s1. The van der Waals surface area contributed by atoms with Crippen molar-refractivity contribution in [1.29, 1.82) is 0 Å². The molecule has 2 aromatic carbocycles. The summed E-state index contributed by atoms with van der Waals surface area (Å²) in [4.78, 5) is 46.1. The van der Waals surface area contributed by atoms with E-state index < -0.39 is 46.3 Å². The van der Waals surface area contributed by atoms with Crippen molar-refractivity contribution in [2.45, 2.75) is 17.9 Å². The molecule has 37 heavy (non-hydrogen) atoms. The molecule has 11 nitrogen and oxygen atoms in total. The molecule has 4 atom stereocenters. The number of hydrogen-bond donors (Lipinski definition) is 3. The van der Waals surface area contributed by atoms with Crippen LogP contribution in [0.3, 0.4) is 0 Å². The first-order valence-corrected chi connectivity index (χ1v) is 13.8. The fourth-order valence-corrected chi connectivity index (χ4v) is 5.08. The van der Waals surface area contributed by atoms with Crippen LogP contribution in [0, 0.1) is 5.82 Å². The summed E-state index contributed by atoms with van der Waals surface area (Å²) >= 11 is 0. The average molecular weight is 554 g/mol. The number of halogens is 1. The third-order valence-electron chi connectivity index (χ3n) is 5.92. The molecular formula is C23H27FN3O8P2+. The molecule has 0 aliphatic carbocycles. The van der Waals surface area contributed by atoms with Crippen LogP contribution in [-0.2, 0) is 20.5 Å². The molecule has 3 N–H and O–H groups in total. The van der Waals surface area contributed by atoms with Crippen molar-refractivity contribution in [3.05, 3.63) is 53.8 Å². The van der Waals surface area contributed by atoms with Crippen LogP contribution in [0.4, 0.5) is 25.4 Å². The molecular weight excluding hydrogens is 527 g/mol. The van der Waals surface area contributed by atoms with Gasteiger partial charge in [0.25, 0.3) is 0 Å². The average Bonchev–Trinajstić information content (AvgIpc) is 3.27. The first-order valence-electron chi connectivity index (χ1n) is 11.5. The highest BCUT2D eigenvalue weighted by Crippen LogP contribution is 2.37. The lowest BCUT2D eigenvalue weighted by Crippen LogP contribution is -2.37. The predicted octanol–water partition coefficient (Wildman–Crippen LogP) is 2.97. The maximum absolute atomic E-state index is 14.7. The van der Waals surface area contributed by atoms with Gasteiger partial charge < -0.3 is 29.3 Å². The van der Waals surface area contributed by atoms with Gasteiger partial charge in [-0.25, -0.2) is 14.0 Å². The van der Waals surface area contributed by atoms with E-state index >= 15 is 0 Å². The Morgan fingerprint density at radius 1 is 1.24 bits per heavy atom. The lowest BCUT2D eigenvalue weighted by atomic mass is 10.2. The van der Waals surface area contributed by atoms with Gasteiger partial charge in [0.2, 0.25) is 5.40 Å². The Hall–Kier alpha value is -2.88. The van der Waals surface area contributed by atoms with Crippen molar-refractivity contribution in [2.75, 3.05) is 49.2 Å². The van der Waals surface area contributed by atoms with Crippen molar-refractivity contribution < 1.29 is 42.5 Å². The van der Waals surface area contributed by atoms with E-state index in [1.54, 1.807) is 24.3 Å². The molecule has 2 fully saturated rings. The number of anilines is 2. The van der Waals surface area contributed by atoms with E-state index in [4.69, 9.17) is 14.2 Å². The topological polar surface area (TPSA) is 138 Å². The molecule has 0 saturated carbocycles. The SMILES string of the molecule is O=C(NC[C@H]1CN(c2ccc(N3CCOCC3)c(F)c2)C(=O)O1)Oc1ccc(CC(PO)[P+](=O)O)cc1. The van der Waals surface area contributed by atoms with Crippen molar-refractivity contribution in [2.24, 2.45) is 0 Å². The van der Waals surface area contributed by atoms with E-state index in [0.717, 1.165) is 0 Å². The second kappa shape index (κ2) is 12.6. The zero-order valence-electron chi connectivity index (χ0n) is 19.7. The minimum Gasteiger partial charge on any atom is -0.442 e. The smallest absolute Gasteiger partial charge is 0.442 e. The number of cyclic esters (lactones) is 1. The fraction of sp³-hybridized carbons (Fsp3) is 0.391. The number of amides is 2. The fourth-order valence-electron chi connectivity index (χ4n) is 3.99. The van der Waals surface area contributed by atoms with Crippen LogP contribution in [0.5, 0.6) is 5.75 Å². The minimum atomic E-state index is -2.49. The minimum absolute atomic E-state index is 0.00382. The molecule has 2 amide bonds. The largest absolute Gasteiger partial charge is 0.515 e. The summed E-state index contributed by atoms with van der Waals surface area (Å²) in [5.74, 6) is -0.195. The Morgan fingerprint density at radius 2 is 1.97 bits per heavy atom. The van der Waals surface area contributed by atoms with Crippen LogP contribution in [0.2, 0.25) is 0 Å². The van der Waals surface area contributed by atoms with E-state index in [1.165, 1.54) is 23.1 Å². The zero-order valence-corrected chi connectivity index (χ0v) is 21.6. The Morgan fingerprint density at radius 3 is 2.62 bits per heavy atom. The number of hydrogen-bond acceptors (Lipinski definition) is 8. The van der Waals surface area contributed by atoms with Gasteiger partial charge in [-0.1, -0.05) is 12.1 Å². The maximum Gasteiger partial charge on any atom is 0.515 e. The van der Waals surface area contributed by atoms with Gasteiger partial charge in [-0.15, -0.1) is 0 Å². The number of ether oxygens (including phenoxy) is 3. The number of carbonyl (C=O) groups is 2. The highest BCUT2D eigenvalue weighted by Gasteiger charge is 2.33. The van der Waals surface area contributed by atoms with E-state index in [1.807, 2.05) is 4.90 Å². The van der Waals surface area contributed by atoms with Crippen molar-refractivity contribution in [3.8, 4) is 5.75 Å². The zero-order chi connectivity index (χ0) is 26.4. The summed E-state index contributed by atoms with van der Waals surface area (Å²) in [7, 11) is -3.15. The molecule has 4 rings (SSSR count). The molecule has 0 aromatic heterocycles. The van der Waals surface area contributed by atoms with E-state index in [9.17, 15) is 28.3 Å². The molecule has 2 aliphatic heterocycles. The number of nitrogens with zero attached hydrogens (tertiary/aromatic N) is 2. The molecule has 3 unspecified atom stereocenters. The molecule has 0 spiro atoms. The van der Waals surface area contributed by atoms with Gasteiger partial charge in [-0.3, -0.25) is 4.90 Å². The summed E-state index contributed by atoms with van der Waals surface area (Å²) in [6.07, 6.45) is -1.82. The quantitative estimate of drug-likeness (QED) is 0.400. The van der Waals surface area contributed by atoms with E-state index in [0.29, 0.717) is 43.2 Å². The number of carbonyl (C=O) groups excluding carboxylic acids is 2. The summed E-state index contributed by atoms with van der Waals surface area (Å²) in [6.45, 7) is 2.36. The van der Waals surface area contributed by atoms with E-state index in [2.05, 4.69) is 5.32 Å². The summed E-state index contributed by atoms with van der Waals surface area (Å²) in [5, 5.41) is 1.80. The van der Waals surface area contributed by atoms with Gasteiger partial charge in [-0.05, 0) is 40.5 Å². The first-order chi connectivity index (χ1) is 17.8. The van der Waals surface area contributed by atoms with Gasteiger partial charge in [0.05, 0.1) is 46.5 Å².